The first kappa shape index (κ1) is 13.6. The van der Waals surface area contributed by atoms with Gasteiger partial charge in [-0.1, -0.05) is 19.1 Å². The van der Waals surface area contributed by atoms with E-state index < -0.39 is 0 Å². The van der Waals surface area contributed by atoms with Crippen LogP contribution in [0.1, 0.15) is 30.6 Å². The molecule has 4 nitrogen and oxygen atoms in total. The number of aryl methyl sites for hydroxylation is 1. The van der Waals surface area contributed by atoms with Crippen LogP contribution in [0.4, 0.5) is 0 Å². The van der Waals surface area contributed by atoms with Gasteiger partial charge in [-0.05, 0) is 36.6 Å². The zero-order valence-electron chi connectivity index (χ0n) is 11.5. The van der Waals surface area contributed by atoms with Crippen LogP contribution in [0.3, 0.4) is 0 Å². The molecule has 0 saturated carbocycles. The van der Waals surface area contributed by atoms with Crippen molar-refractivity contribution >= 4 is 0 Å². The maximum Gasteiger partial charge on any atom is 0.118 e. The summed E-state index contributed by atoms with van der Waals surface area (Å²) in [5, 5.41) is 4.31. The van der Waals surface area contributed by atoms with Crippen LogP contribution >= 0.6 is 0 Å². The maximum atomic E-state index is 6.28. The average molecular weight is 259 g/mol. The standard InChI is InChI=1S/C15H21N3O/c1-3-10-18-15(8-9-17-18)14(16)11-12-4-6-13(19-2)7-5-12/h4-9,14H,3,10-11,16H2,1-2H3. The third-order valence-corrected chi connectivity index (χ3v) is 3.18. The lowest BCUT2D eigenvalue weighted by Crippen LogP contribution is -2.18. The molecule has 1 unspecified atom stereocenters. The molecule has 4 heteroatoms. The molecule has 0 radical (unpaired) electrons. The summed E-state index contributed by atoms with van der Waals surface area (Å²) in [5.41, 5.74) is 8.58. The molecule has 1 aromatic heterocycles. The Morgan fingerprint density at radius 1 is 1.26 bits per heavy atom. The van der Waals surface area contributed by atoms with Crippen molar-refractivity contribution in [2.75, 3.05) is 7.11 Å². The van der Waals surface area contributed by atoms with E-state index in [0.717, 1.165) is 30.8 Å². The van der Waals surface area contributed by atoms with Crippen LogP contribution < -0.4 is 10.5 Å². The summed E-state index contributed by atoms with van der Waals surface area (Å²) in [6.45, 7) is 3.05. The van der Waals surface area contributed by atoms with Crippen molar-refractivity contribution in [3.05, 3.63) is 47.8 Å². The van der Waals surface area contributed by atoms with E-state index in [1.165, 1.54) is 5.56 Å². The molecule has 0 aliphatic rings. The third kappa shape index (κ3) is 3.35. The summed E-state index contributed by atoms with van der Waals surface area (Å²) in [6.07, 6.45) is 3.68. The zero-order chi connectivity index (χ0) is 13.7. The Balaban J connectivity index is 2.06. The smallest absolute Gasteiger partial charge is 0.118 e. The van der Waals surface area contributed by atoms with Gasteiger partial charge in [-0.3, -0.25) is 4.68 Å². The van der Waals surface area contributed by atoms with Crippen molar-refractivity contribution in [3.8, 4) is 5.75 Å². The highest BCUT2D eigenvalue weighted by molar-refractivity contribution is 5.28. The molecule has 0 amide bonds. The molecule has 19 heavy (non-hydrogen) atoms. The first-order valence-electron chi connectivity index (χ1n) is 6.64. The Hall–Kier alpha value is -1.81. The second-order valence-electron chi connectivity index (χ2n) is 4.64. The maximum absolute atomic E-state index is 6.28. The Morgan fingerprint density at radius 2 is 2.00 bits per heavy atom. The Morgan fingerprint density at radius 3 is 2.63 bits per heavy atom. The van der Waals surface area contributed by atoms with Crippen molar-refractivity contribution < 1.29 is 4.74 Å². The predicted octanol–water partition coefficient (Wildman–Crippen LogP) is 2.54. The van der Waals surface area contributed by atoms with Crippen LogP contribution in [0.25, 0.3) is 0 Å². The molecule has 2 aromatic rings. The fourth-order valence-electron chi connectivity index (χ4n) is 2.18. The van der Waals surface area contributed by atoms with Crippen LogP contribution in [-0.4, -0.2) is 16.9 Å². The third-order valence-electron chi connectivity index (χ3n) is 3.18. The SMILES string of the molecule is CCCn1nccc1C(N)Cc1ccc(OC)cc1. The molecule has 102 valence electrons. The molecule has 0 aliphatic heterocycles. The van der Waals surface area contributed by atoms with E-state index in [9.17, 15) is 0 Å². The molecule has 1 heterocycles. The lowest BCUT2D eigenvalue weighted by molar-refractivity contribution is 0.414. The van der Waals surface area contributed by atoms with E-state index in [2.05, 4.69) is 24.2 Å². The van der Waals surface area contributed by atoms with Crippen LogP contribution in [0.2, 0.25) is 0 Å². The fourth-order valence-corrected chi connectivity index (χ4v) is 2.18. The minimum atomic E-state index is -0.0255. The van der Waals surface area contributed by atoms with E-state index in [-0.39, 0.29) is 6.04 Å². The summed E-state index contributed by atoms with van der Waals surface area (Å²) in [7, 11) is 1.67. The van der Waals surface area contributed by atoms with E-state index >= 15 is 0 Å². The number of nitrogens with two attached hydrogens (primary N) is 1. The average Bonchev–Trinajstić information content (AvgIpc) is 2.88. The minimum Gasteiger partial charge on any atom is -0.497 e. The van der Waals surface area contributed by atoms with Gasteiger partial charge in [0.05, 0.1) is 18.8 Å². The van der Waals surface area contributed by atoms with E-state index in [1.54, 1.807) is 7.11 Å². The van der Waals surface area contributed by atoms with Crippen molar-refractivity contribution in [3.63, 3.8) is 0 Å². The van der Waals surface area contributed by atoms with Gasteiger partial charge in [0, 0.05) is 12.7 Å². The predicted molar refractivity (Wildman–Crippen MR) is 76.1 cm³/mol. The molecule has 1 atom stereocenters. The van der Waals surface area contributed by atoms with Crippen molar-refractivity contribution in [2.45, 2.75) is 32.4 Å². The second-order valence-corrected chi connectivity index (χ2v) is 4.64. The van der Waals surface area contributed by atoms with Crippen LogP contribution in [0.15, 0.2) is 36.5 Å². The topological polar surface area (TPSA) is 53.1 Å². The quantitative estimate of drug-likeness (QED) is 0.867. The highest BCUT2D eigenvalue weighted by Crippen LogP contribution is 2.18. The Kier molecular flexibility index (Phi) is 4.58. The van der Waals surface area contributed by atoms with Gasteiger partial charge in [0.1, 0.15) is 5.75 Å². The van der Waals surface area contributed by atoms with Crippen LogP contribution in [0.5, 0.6) is 5.75 Å². The van der Waals surface area contributed by atoms with Crippen LogP contribution in [0, 0.1) is 0 Å². The molecule has 0 spiro atoms. The number of nitrogens with zero attached hydrogens (tertiary/aromatic N) is 2. The fraction of sp³-hybridized carbons (Fsp3) is 0.400. The molecule has 1 aromatic carbocycles. The number of hydrogen-bond donors (Lipinski definition) is 1. The van der Waals surface area contributed by atoms with Gasteiger partial charge >= 0.3 is 0 Å². The first-order valence-corrected chi connectivity index (χ1v) is 6.64. The summed E-state index contributed by atoms with van der Waals surface area (Å²) in [4.78, 5) is 0. The highest BCUT2D eigenvalue weighted by atomic mass is 16.5. The second kappa shape index (κ2) is 6.38. The van der Waals surface area contributed by atoms with Crippen LogP contribution in [-0.2, 0) is 13.0 Å². The Bertz CT molecular complexity index is 504. The van der Waals surface area contributed by atoms with Gasteiger partial charge in [0.25, 0.3) is 0 Å². The lowest BCUT2D eigenvalue weighted by Gasteiger charge is -2.14. The monoisotopic (exact) mass is 259 g/mol. The molecular weight excluding hydrogens is 238 g/mol. The number of hydrogen-bond acceptors (Lipinski definition) is 3. The van der Waals surface area contributed by atoms with Gasteiger partial charge in [-0.2, -0.15) is 5.10 Å². The van der Waals surface area contributed by atoms with Gasteiger partial charge in [0.2, 0.25) is 0 Å². The molecular formula is C15H21N3O. The molecule has 0 bridgehead atoms. The molecule has 2 rings (SSSR count). The minimum absolute atomic E-state index is 0.0255. The zero-order valence-corrected chi connectivity index (χ0v) is 11.5. The van der Waals surface area contributed by atoms with Crippen molar-refractivity contribution in [2.24, 2.45) is 5.73 Å². The number of benzene rings is 1. The van der Waals surface area contributed by atoms with Crippen molar-refractivity contribution in [1.82, 2.24) is 9.78 Å². The Labute approximate surface area is 114 Å². The number of aromatic nitrogens is 2. The highest BCUT2D eigenvalue weighted by Gasteiger charge is 2.12. The largest absolute Gasteiger partial charge is 0.497 e. The van der Waals surface area contributed by atoms with Gasteiger partial charge in [0.15, 0.2) is 0 Å². The molecule has 2 N–H and O–H groups in total. The summed E-state index contributed by atoms with van der Waals surface area (Å²) in [6, 6.07) is 10.0. The summed E-state index contributed by atoms with van der Waals surface area (Å²) in [5.74, 6) is 0.869. The lowest BCUT2D eigenvalue weighted by atomic mass is 10.0. The van der Waals surface area contributed by atoms with E-state index in [0.29, 0.717) is 0 Å². The molecule has 0 fully saturated rings. The molecule has 0 saturated heterocycles. The number of ether oxygens (including phenoxy) is 1. The van der Waals surface area contributed by atoms with E-state index in [1.807, 2.05) is 29.1 Å². The molecule has 0 aliphatic carbocycles. The van der Waals surface area contributed by atoms with Crippen molar-refractivity contribution in [1.29, 1.82) is 0 Å². The van der Waals surface area contributed by atoms with Gasteiger partial charge < -0.3 is 10.5 Å². The number of methoxy groups -OCH3 is 1. The first-order chi connectivity index (χ1) is 9.24. The van der Waals surface area contributed by atoms with Gasteiger partial charge in [-0.25, -0.2) is 0 Å². The summed E-state index contributed by atoms with van der Waals surface area (Å²) >= 11 is 0. The summed E-state index contributed by atoms with van der Waals surface area (Å²) < 4.78 is 7.15. The normalized spacial score (nSPS) is 12.4. The van der Waals surface area contributed by atoms with E-state index in [4.69, 9.17) is 10.5 Å². The number of rotatable bonds is 6. The van der Waals surface area contributed by atoms with Gasteiger partial charge in [-0.15, -0.1) is 0 Å².